The number of carbonyl (C=O) groups is 1. The molecule has 0 aromatic carbocycles. The van der Waals surface area contributed by atoms with E-state index in [-0.39, 0.29) is 5.91 Å². The smallest absolute Gasteiger partial charge is 0.274 e. The molecule has 0 bridgehead atoms. The third kappa shape index (κ3) is 2.02. The molecule has 2 fully saturated rings. The summed E-state index contributed by atoms with van der Waals surface area (Å²) in [5.74, 6) is 1.40. The second-order valence-electron chi connectivity index (χ2n) is 4.89. The van der Waals surface area contributed by atoms with E-state index < -0.39 is 0 Å². The van der Waals surface area contributed by atoms with Gasteiger partial charge < -0.3 is 4.90 Å². The molecule has 1 aromatic heterocycles. The van der Waals surface area contributed by atoms with E-state index in [4.69, 9.17) is 11.6 Å². The Kier molecular flexibility index (Phi) is 2.74. The second-order valence-corrected chi connectivity index (χ2v) is 5.27. The van der Waals surface area contributed by atoms with Crippen molar-refractivity contribution in [2.24, 2.45) is 11.8 Å². The Morgan fingerprint density at radius 2 is 1.94 bits per heavy atom. The van der Waals surface area contributed by atoms with Gasteiger partial charge in [-0.2, -0.15) is 0 Å². The fourth-order valence-corrected chi connectivity index (χ4v) is 3.08. The van der Waals surface area contributed by atoms with Gasteiger partial charge in [0.25, 0.3) is 5.91 Å². The van der Waals surface area contributed by atoms with Crippen LogP contribution in [-0.2, 0) is 0 Å². The minimum absolute atomic E-state index is 0.0106. The number of halogens is 1. The first-order valence-corrected chi connectivity index (χ1v) is 6.38. The van der Waals surface area contributed by atoms with Crippen molar-refractivity contribution in [2.75, 3.05) is 13.1 Å². The van der Waals surface area contributed by atoms with E-state index in [1.54, 1.807) is 0 Å². The zero-order chi connectivity index (χ0) is 11.8. The summed E-state index contributed by atoms with van der Waals surface area (Å²) in [7, 11) is 0. The lowest BCUT2D eigenvalue weighted by atomic mass is 10.0. The van der Waals surface area contributed by atoms with Crippen molar-refractivity contribution < 1.29 is 4.79 Å². The topological polar surface area (TPSA) is 46.1 Å². The van der Waals surface area contributed by atoms with Gasteiger partial charge in [0.2, 0.25) is 0 Å². The molecule has 0 N–H and O–H groups in total. The summed E-state index contributed by atoms with van der Waals surface area (Å²) in [6, 6.07) is 0. The minimum atomic E-state index is -0.0106. The molecule has 2 heterocycles. The van der Waals surface area contributed by atoms with Crippen LogP contribution in [0.3, 0.4) is 0 Å². The molecule has 2 aliphatic rings. The highest BCUT2D eigenvalue weighted by Crippen LogP contribution is 2.37. The van der Waals surface area contributed by atoms with Crippen molar-refractivity contribution in [3.63, 3.8) is 0 Å². The molecule has 1 amide bonds. The number of hydrogen-bond acceptors (Lipinski definition) is 3. The Labute approximate surface area is 105 Å². The molecular formula is C12H14ClN3O. The predicted octanol–water partition coefficient (Wildman–Crippen LogP) is 2.00. The summed E-state index contributed by atoms with van der Waals surface area (Å²) in [5.41, 5.74) is 0.398. The van der Waals surface area contributed by atoms with Crippen molar-refractivity contribution in [3.8, 4) is 0 Å². The van der Waals surface area contributed by atoms with E-state index in [9.17, 15) is 4.79 Å². The number of likely N-dealkylation sites (tertiary alicyclic amines) is 1. The van der Waals surface area contributed by atoms with Crippen LogP contribution in [0.4, 0.5) is 0 Å². The highest BCUT2D eigenvalue weighted by Gasteiger charge is 2.38. The molecule has 5 heteroatoms. The maximum atomic E-state index is 12.2. The predicted molar refractivity (Wildman–Crippen MR) is 63.8 cm³/mol. The highest BCUT2D eigenvalue weighted by atomic mass is 35.5. The molecule has 1 aromatic rings. The molecular weight excluding hydrogens is 238 g/mol. The van der Waals surface area contributed by atoms with Crippen LogP contribution < -0.4 is 0 Å². The number of aromatic nitrogens is 2. The Bertz CT molecular complexity index is 422. The average Bonchev–Trinajstić information content (AvgIpc) is 2.89. The zero-order valence-corrected chi connectivity index (χ0v) is 10.2. The van der Waals surface area contributed by atoms with Crippen LogP contribution in [0.1, 0.15) is 29.8 Å². The van der Waals surface area contributed by atoms with Gasteiger partial charge in [-0.05, 0) is 24.7 Å². The maximum absolute atomic E-state index is 12.2. The Morgan fingerprint density at radius 1 is 1.24 bits per heavy atom. The molecule has 2 atom stereocenters. The largest absolute Gasteiger partial charge is 0.337 e. The van der Waals surface area contributed by atoms with Crippen molar-refractivity contribution >= 4 is 17.5 Å². The molecule has 0 spiro atoms. The van der Waals surface area contributed by atoms with Gasteiger partial charge in [0.15, 0.2) is 0 Å². The van der Waals surface area contributed by atoms with Gasteiger partial charge >= 0.3 is 0 Å². The molecule has 2 unspecified atom stereocenters. The molecule has 0 radical (unpaired) electrons. The Hall–Kier alpha value is -1.16. The fourth-order valence-electron chi connectivity index (χ4n) is 2.99. The lowest BCUT2D eigenvalue weighted by molar-refractivity contribution is 0.0774. The third-order valence-electron chi connectivity index (χ3n) is 3.85. The molecule has 1 saturated carbocycles. The Morgan fingerprint density at radius 3 is 2.53 bits per heavy atom. The van der Waals surface area contributed by atoms with Crippen LogP contribution in [-0.4, -0.2) is 33.9 Å². The van der Waals surface area contributed by atoms with Crippen LogP contribution in [0.2, 0.25) is 5.15 Å². The number of hydrogen-bond donors (Lipinski definition) is 0. The van der Waals surface area contributed by atoms with Crippen molar-refractivity contribution in [2.45, 2.75) is 19.3 Å². The average molecular weight is 252 g/mol. The van der Waals surface area contributed by atoms with E-state index >= 15 is 0 Å². The van der Waals surface area contributed by atoms with E-state index in [1.807, 2.05) is 4.90 Å². The summed E-state index contributed by atoms with van der Waals surface area (Å²) in [6.07, 6.45) is 6.73. The monoisotopic (exact) mass is 251 g/mol. The quantitative estimate of drug-likeness (QED) is 0.767. The number of rotatable bonds is 1. The first-order valence-electron chi connectivity index (χ1n) is 6.01. The van der Waals surface area contributed by atoms with Gasteiger partial charge in [0.1, 0.15) is 10.8 Å². The van der Waals surface area contributed by atoms with Gasteiger partial charge in [-0.25, -0.2) is 9.97 Å². The van der Waals surface area contributed by atoms with Crippen molar-refractivity contribution in [1.29, 1.82) is 0 Å². The van der Waals surface area contributed by atoms with Gasteiger partial charge in [-0.15, -0.1) is 0 Å². The standard InChI is InChI=1S/C12H14ClN3O/c13-11-5-14-10(4-15-11)12(17)16-6-8-2-1-3-9(8)7-16/h4-5,8-9H,1-3,6-7H2. The van der Waals surface area contributed by atoms with Crippen molar-refractivity contribution in [3.05, 3.63) is 23.2 Å². The summed E-state index contributed by atoms with van der Waals surface area (Å²) in [5, 5.41) is 0.319. The molecule has 1 saturated heterocycles. The van der Waals surface area contributed by atoms with Gasteiger partial charge in [0, 0.05) is 13.1 Å². The molecule has 90 valence electrons. The molecule has 1 aliphatic carbocycles. The summed E-state index contributed by atoms with van der Waals surface area (Å²) in [6.45, 7) is 1.77. The molecule has 4 nitrogen and oxygen atoms in total. The first-order chi connectivity index (χ1) is 8.24. The number of fused-ring (bicyclic) bond motifs is 1. The van der Waals surface area contributed by atoms with E-state index in [1.165, 1.54) is 31.7 Å². The third-order valence-corrected chi connectivity index (χ3v) is 4.05. The number of carbonyl (C=O) groups excluding carboxylic acids is 1. The number of amides is 1. The fraction of sp³-hybridized carbons (Fsp3) is 0.583. The Balaban J connectivity index is 1.73. The maximum Gasteiger partial charge on any atom is 0.274 e. The minimum Gasteiger partial charge on any atom is -0.337 e. The highest BCUT2D eigenvalue weighted by molar-refractivity contribution is 6.29. The van der Waals surface area contributed by atoms with Crippen LogP contribution in [0.5, 0.6) is 0 Å². The zero-order valence-electron chi connectivity index (χ0n) is 9.47. The van der Waals surface area contributed by atoms with Crippen LogP contribution in [0.25, 0.3) is 0 Å². The second kappa shape index (κ2) is 4.26. The molecule has 3 rings (SSSR count). The first kappa shape index (κ1) is 11.0. The van der Waals surface area contributed by atoms with Crippen molar-refractivity contribution in [1.82, 2.24) is 14.9 Å². The summed E-state index contributed by atoms with van der Waals surface area (Å²) < 4.78 is 0. The van der Waals surface area contributed by atoms with Crippen LogP contribution in [0, 0.1) is 11.8 Å². The lowest BCUT2D eigenvalue weighted by Gasteiger charge is -2.16. The van der Waals surface area contributed by atoms with Gasteiger partial charge in [0.05, 0.1) is 12.4 Å². The molecule has 17 heavy (non-hydrogen) atoms. The van der Waals surface area contributed by atoms with Crippen LogP contribution in [0.15, 0.2) is 12.4 Å². The van der Waals surface area contributed by atoms with E-state index in [2.05, 4.69) is 9.97 Å². The summed E-state index contributed by atoms with van der Waals surface area (Å²) in [4.78, 5) is 22.0. The SMILES string of the molecule is O=C(c1cnc(Cl)cn1)N1CC2CCCC2C1. The number of nitrogens with zero attached hydrogens (tertiary/aromatic N) is 3. The summed E-state index contributed by atoms with van der Waals surface area (Å²) >= 11 is 5.66. The van der Waals surface area contributed by atoms with Crippen LogP contribution >= 0.6 is 11.6 Å². The van der Waals surface area contributed by atoms with E-state index in [0.29, 0.717) is 22.7 Å². The normalized spacial score (nSPS) is 27.2. The van der Waals surface area contributed by atoms with E-state index in [0.717, 1.165) is 13.1 Å². The lowest BCUT2D eigenvalue weighted by Crippen LogP contribution is -2.30. The van der Waals surface area contributed by atoms with Gasteiger partial charge in [-0.3, -0.25) is 4.79 Å². The van der Waals surface area contributed by atoms with Gasteiger partial charge in [-0.1, -0.05) is 18.0 Å². The molecule has 1 aliphatic heterocycles.